The van der Waals surface area contributed by atoms with Crippen LogP contribution in [0.4, 0.5) is 5.69 Å². The van der Waals surface area contributed by atoms with Crippen molar-refractivity contribution in [1.82, 2.24) is 5.53 Å². The zero-order chi connectivity index (χ0) is 22.6. The molecule has 1 atom stereocenters. The molecule has 0 saturated heterocycles. The lowest BCUT2D eigenvalue weighted by molar-refractivity contribution is 0.100. The van der Waals surface area contributed by atoms with E-state index >= 15 is 0 Å². The van der Waals surface area contributed by atoms with Gasteiger partial charge in [0.2, 0.25) is 10.0 Å². The third-order valence-corrected chi connectivity index (χ3v) is 6.62. The Hall–Kier alpha value is -2.88. The van der Waals surface area contributed by atoms with Crippen molar-refractivity contribution in [2.75, 3.05) is 18.0 Å². The van der Waals surface area contributed by atoms with Crippen LogP contribution >= 0.6 is 0 Å². The number of sulfonamides is 1. The molecular weight excluding hydrogens is 432 g/mol. The molecule has 30 heavy (non-hydrogen) atoms. The van der Waals surface area contributed by atoms with Gasteiger partial charge >= 0.3 is 0 Å². The first-order valence-corrected chi connectivity index (χ1v) is 11.2. The van der Waals surface area contributed by atoms with Crippen LogP contribution in [-0.4, -0.2) is 37.0 Å². The van der Waals surface area contributed by atoms with E-state index in [0.29, 0.717) is 0 Å². The summed E-state index contributed by atoms with van der Waals surface area (Å²) in [4.78, 5) is 11.0. The molecule has 0 bridgehead atoms. The second kappa shape index (κ2) is 9.29. The van der Waals surface area contributed by atoms with Gasteiger partial charge in [0.05, 0.1) is 16.8 Å². The van der Waals surface area contributed by atoms with E-state index < -0.39 is 32.0 Å². The van der Waals surface area contributed by atoms with E-state index in [9.17, 15) is 17.8 Å². The van der Waals surface area contributed by atoms with E-state index in [1.807, 2.05) is 5.53 Å². The maximum absolute atomic E-state index is 12.6. The predicted octanol–water partition coefficient (Wildman–Crippen LogP) is -2.17. The highest BCUT2D eigenvalue weighted by Gasteiger charge is 2.31. The van der Waals surface area contributed by atoms with Crippen molar-refractivity contribution >= 4 is 38.6 Å². The summed E-state index contributed by atoms with van der Waals surface area (Å²) in [6, 6.07) is 7.17. The number of nitrogen functional groups attached to an aromatic ring is 1. The van der Waals surface area contributed by atoms with E-state index in [1.54, 1.807) is 0 Å². The molecule has 0 heterocycles. The Morgan fingerprint density at radius 1 is 1.17 bits per heavy atom. The molecule has 14 heteroatoms. The molecule has 2 aromatic rings. The van der Waals surface area contributed by atoms with Crippen molar-refractivity contribution in [1.29, 1.82) is 0 Å². The number of anilines is 1. The molecule has 0 aliphatic heterocycles. The molecule has 0 radical (unpaired) electrons. The van der Waals surface area contributed by atoms with Crippen LogP contribution in [0.2, 0.25) is 0 Å². The van der Waals surface area contributed by atoms with E-state index in [0.717, 1.165) is 0 Å². The minimum atomic E-state index is -4.46. The Morgan fingerprint density at radius 2 is 1.83 bits per heavy atom. The number of amides is 1. The molecule has 0 aromatic heterocycles. The minimum absolute atomic E-state index is 0.0128. The highest BCUT2D eigenvalue weighted by molar-refractivity contribution is 7.93. The summed E-state index contributed by atoms with van der Waals surface area (Å²) in [5, 5.41) is 9.06. The number of para-hydroxylation sites is 1. The number of nitrogens with two attached hydrogens (primary N) is 6. The fourth-order valence-corrected chi connectivity index (χ4v) is 5.30. The first-order valence-electron chi connectivity index (χ1n) is 8.30. The Labute approximate surface area is 175 Å². The van der Waals surface area contributed by atoms with Crippen LogP contribution in [-0.2, 0) is 21.2 Å². The fraction of sp³-hybridized carbons (Fsp3) is 0.125. The van der Waals surface area contributed by atoms with Gasteiger partial charge in [0.15, 0.2) is 10.7 Å². The van der Waals surface area contributed by atoms with Gasteiger partial charge in [-0.3, -0.25) is 4.79 Å². The van der Waals surface area contributed by atoms with Crippen LogP contribution in [0.5, 0.6) is 0 Å². The van der Waals surface area contributed by atoms with Crippen molar-refractivity contribution in [3.8, 4) is 11.1 Å². The zero-order valence-corrected chi connectivity index (χ0v) is 17.3. The SMILES string of the molecule is NCC[S+]([O-])c1ccc(-c2cccc(C(N)=O)c2N)c(/C(N)=N/NN)c1S(N)(=O)=O. The van der Waals surface area contributed by atoms with Crippen molar-refractivity contribution in [3.63, 3.8) is 0 Å². The predicted molar refractivity (Wildman–Crippen MR) is 115 cm³/mol. The highest BCUT2D eigenvalue weighted by Crippen LogP contribution is 2.37. The molecule has 1 amide bonds. The Bertz CT molecular complexity index is 1100. The van der Waals surface area contributed by atoms with Crippen molar-refractivity contribution in [2.45, 2.75) is 9.79 Å². The molecule has 2 aromatic carbocycles. The average molecular weight is 455 g/mol. The van der Waals surface area contributed by atoms with Gasteiger partial charge in [0.25, 0.3) is 5.91 Å². The molecular formula is C16H22N8O4S2. The van der Waals surface area contributed by atoms with Gasteiger partial charge in [-0.05, 0) is 34.9 Å². The van der Waals surface area contributed by atoms with Crippen LogP contribution < -0.4 is 39.5 Å². The fourth-order valence-electron chi connectivity index (χ4n) is 2.86. The normalized spacial score (nSPS) is 13.1. The van der Waals surface area contributed by atoms with Gasteiger partial charge in [-0.1, -0.05) is 12.1 Å². The minimum Gasteiger partial charge on any atom is -0.611 e. The summed E-state index contributed by atoms with van der Waals surface area (Å²) in [6.07, 6.45) is 0. The van der Waals surface area contributed by atoms with Gasteiger partial charge < -0.3 is 27.5 Å². The lowest BCUT2D eigenvalue weighted by Crippen LogP contribution is -2.29. The summed E-state index contributed by atoms with van der Waals surface area (Å²) in [7, 11) is -4.46. The molecule has 0 saturated carbocycles. The molecule has 12 nitrogen and oxygen atoms in total. The topological polar surface area (TPSA) is 255 Å². The largest absolute Gasteiger partial charge is 0.611 e. The van der Waals surface area contributed by atoms with Crippen molar-refractivity contribution in [2.24, 2.45) is 33.3 Å². The van der Waals surface area contributed by atoms with Gasteiger partial charge in [-0.25, -0.2) is 24.9 Å². The molecule has 0 aliphatic rings. The summed E-state index contributed by atoms with van der Waals surface area (Å²) in [5.74, 6) is 4.02. The maximum Gasteiger partial charge on any atom is 0.250 e. The number of nitrogens with one attached hydrogen (secondary N) is 1. The smallest absolute Gasteiger partial charge is 0.250 e. The van der Waals surface area contributed by atoms with Crippen LogP contribution in [0.25, 0.3) is 11.1 Å². The van der Waals surface area contributed by atoms with E-state index in [2.05, 4.69) is 5.10 Å². The maximum atomic E-state index is 12.6. The van der Waals surface area contributed by atoms with Crippen molar-refractivity contribution in [3.05, 3.63) is 41.5 Å². The number of hydrogen-bond donors (Lipinski definition) is 7. The van der Waals surface area contributed by atoms with Crippen LogP contribution in [0, 0.1) is 0 Å². The first-order chi connectivity index (χ1) is 14.0. The second-order valence-electron chi connectivity index (χ2n) is 5.96. The zero-order valence-electron chi connectivity index (χ0n) is 15.7. The van der Waals surface area contributed by atoms with E-state index in [4.69, 9.17) is 33.9 Å². The third kappa shape index (κ3) is 4.64. The Morgan fingerprint density at radius 3 is 2.37 bits per heavy atom. The number of hydrogen-bond acceptors (Lipinski definition) is 9. The molecule has 1 unspecified atom stereocenters. The number of primary sulfonamides is 1. The van der Waals surface area contributed by atoms with Gasteiger partial charge in [-0.2, -0.15) is 0 Å². The molecule has 13 N–H and O–H groups in total. The summed E-state index contributed by atoms with van der Waals surface area (Å²) < 4.78 is 37.6. The quantitative estimate of drug-likeness (QED) is 0.0571. The number of nitrogens with zero attached hydrogens (tertiary/aromatic N) is 1. The number of benzene rings is 2. The standard InChI is InChI=1S/C16H22N8O4S2/c17-6-7-29(26)11-5-4-8(9-2-1-3-10(13(9)18)16(20)25)12(15(19)23-24-21)14(11)30(22,27)28/h1-5,24H,6-7,17-18,21H2,(H2,19,23)(H2,20,25)(H2,22,27,28). The van der Waals surface area contributed by atoms with Gasteiger partial charge in [0, 0.05) is 12.1 Å². The lowest BCUT2D eigenvalue weighted by atomic mass is 9.95. The first kappa shape index (κ1) is 23.4. The van der Waals surface area contributed by atoms with Crippen molar-refractivity contribution < 1.29 is 17.8 Å². The van der Waals surface area contributed by atoms with Gasteiger partial charge in [0.1, 0.15) is 10.6 Å². The number of hydrazone groups is 1. The van der Waals surface area contributed by atoms with Gasteiger partial charge in [-0.15, -0.1) is 5.10 Å². The van der Waals surface area contributed by atoms with E-state index in [-0.39, 0.29) is 51.0 Å². The average Bonchev–Trinajstić information content (AvgIpc) is 2.66. The number of primary amides is 1. The number of carbonyl (C=O) groups is 1. The molecule has 0 fully saturated rings. The second-order valence-corrected chi connectivity index (χ2v) is 8.99. The summed E-state index contributed by atoms with van der Waals surface area (Å²) in [5.41, 5.74) is 25.0. The van der Waals surface area contributed by atoms with Crippen LogP contribution in [0.15, 0.2) is 45.2 Å². The van der Waals surface area contributed by atoms with Crippen LogP contribution in [0.3, 0.4) is 0 Å². The number of hydrazine groups is 1. The molecule has 0 aliphatic carbocycles. The molecule has 162 valence electrons. The molecule has 0 spiro atoms. The van der Waals surface area contributed by atoms with Crippen LogP contribution in [0.1, 0.15) is 15.9 Å². The van der Waals surface area contributed by atoms with E-state index in [1.165, 1.54) is 30.3 Å². The number of rotatable bonds is 8. The third-order valence-electron chi connectivity index (χ3n) is 4.06. The molecule has 2 rings (SSSR count). The monoisotopic (exact) mass is 454 g/mol. The summed E-state index contributed by atoms with van der Waals surface area (Å²) >= 11 is -1.81. The number of amidine groups is 1. The lowest BCUT2D eigenvalue weighted by Gasteiger charge is -2.19. The number of carbonyl (C=O) groups excluding carboxylic acids is 1. The Balaban J connectivity index is 3.02. The highest BCUT2D eigenvalue weighted by atomic mass is 32.2. The Kier molecular flexibility index (Phi) is 7.25. The summed E-state index contributed by atoms with van der Waals surface area (Å²) in [6.45, 7) is 0.0370.